The lowest BCUT2D eigenvalue weighted by atomic mass is 10.1. The van der Waals surface area contributed by atoms with Crippen molar-refractivity contribution in [1.29, 1.82) is 0 Å². The Hall–Kier alpha value is -4.12. The smallest absolute Gasteiger partial charge is 0.409 e. The Morgan fingerprint density at radius 1 is 1.25 bits per heavy atom. The van der Waals surface area contributed by atoms with Gasteiger partial charge >= 0.3 is 6.09 Å². The van der Waals surface area contributed by atoms with Crippen LogP contribution in [0.15, 0.2) is 42.1 Å². The van der Waals surface area contributed by atoms with Crippen LogP contribution in [0.25, 0.3) is 11.7 Å². The number of aromatic nitrogens is 3. The lowest BCUT2D eigenvalue weighted by molar-refractivity contribution is -0.124. The maximum atomic E-state index is 12.1. The number of methoxy groups -OCH3 is 1. The van der Waals surface area contributed by atoms with Gasteiger partial charge in [-0.15, -0.1) is 0 Å². The largest absolute Gasteiger partial charge is 0.453 e. The minimum Gasteiger partial charge on any atom is -0.453 e. The van der Waals surface area contributed by atoms with Crippen LogP contribution in [0.4, 0.5) is 22.1 Å². The molecule has 2 aliphatic heterocycles. The number of ether oxygens (including phenoxy) is 1. The summed E-state index contributed by atoms with van der Waals surface area (Å²) in [4.78, 5) is 41.9. The number of piperidine rings is 1. The number of rotatable bonds is 5. The van der Waals surface area contributed by atoms with Gasteiger partial charge in [-0.1, -0.05) is 17.7 Å². The Kier molecular flexibility index (Phi) is 6.47. The van der Waals surface area contributed by atoms with Crippen molar-refractivity contribution >= 4 is 58.6 Å². The number of carbonyl (C=O) groups excluding carboxylic acids is 3. The summed E-state index contributed by atoms with van der Waals surface area (Å²) in [6.07, 6.45) is 4.40. The third kappa shape index (κ3) is 4.96. The van der Waals surface area contributed by atoms with Gasteiger partial charge in [0.2, 0.25) is 5.91 Å². The van der Waals surface area contributed by atoms with Gasteiger partial charge in [-0.2, -0.15) is 9.61 Å². The van der Waals surface area contributed by atoms with Crippen LogP contribution in [0.5, 0.6) is 0 Å². The van der Waals surface area contributed by atoms with Crippen molar-refractivity contribution in [3.63, 3.8) is 0 Å². The Labute approximate surface area is 211 Å². The van der Waals surface area contributed by atoms with Crippen molar-refractivity contribution in [2.45, 2.75) is 25.3 Å². The topological polar surface area (TPSA) is 130 Å². The van der Waals surface area contributed by atoms with Gasteiger partial charge < -0.3 is 20.3 Å². The third-order valence-corrected chi connectivity index (χ3v) is 6.34. The zero-order valence-corrected chi connectivity index (χ0v) is 20.2. The number of nitrogens with zero attached hydrogens (tertiary/aromatic N) is 4. The molecule has 3 N–H and O–H groups in total. The van der Waals surface area contributed by atoms with Crippen LogP contribution in [0.2, 0.25) is 5.02 Å². The molecule has 2 aliphatic rings. The highest BCUT2D eigenvalue weighted by Crippen LogP contribution is 2.27. The maximum Gasteiger partial charge on any atom is 0.409 e. The first-order valence-corrected chi connectivity index (χ1v) is 11.8. The second-order valence-electron chi connectivity index (χ2n) is 8.60. The van der Waals surface area contributed by atoms with Crippen molar-refractivity contribution in [2.75, 3.05) is 30.8 Å². The van der Waals surface area contributed by atoms with Crippen molar-refractivity contribution < 1.29 is 19.1 Å². The number of imide groups is 1. The van der Waals surface area contributed by atoms with Gasteiger partial charge in [-0.3, -0.25) is 14.9 Å². The highest BCUT2D eigenvalue weighted by Gasteiger charge is 2.26. The van der Waals surface area contributed by atoms with Crippen molar-refractivity contribution in [3.05, 3.63) is 52.7 Å². The maximum absolute atomic E-state index is 12.1. The molecule has 36 heavy (non-hydrogen) atoms. The summed E-state index contributed by atoms with van der Waals surface area (Å²) in [5, 5.41) is 14.2. The third-order valence-electron chi connectivity index (χ3n) is 6.10. The number of hydrogen-bond donors (Lipinski definition) is 3. The van der Waals surface area contributed by atoms with Crippen LogP contribution >= 0.6 is 11.6 Å². The molecule has 3 amide bonds. The molecule has 4 heterocycles. The normalized spacial score (nSPS) is 17.5. The molecule has 1 aromatic carbocycles. The lowest BCUT2D eigenvalue weighted by Crippen LogP contribution is -2.42. The minimum absolute atomic E-state index is 0.0144. The summed E-state index contributed by atoms with van der Waals surface area (Å²) in [6, 6.07) is 9.22. The number of likely N-dealkylation sites (tertiary alicyclic amines) is 1. The fourth-order valence-corrected chi connectivity index (χ4v) is 4.51. The molecular formula is C24H24ClN7O4. The van der Waals surface area contributed by atoms with E-state index in [-0.39, 0.29) is 24.5 Å². The fraction of sp³-hybridized carbons (Fsp3) is 0.292. The Morgan fingerprint density at radius 3 is 2.75 bits per heavy atom. The number of hydrogen-bond acceptors (Lipinski definition) is 8. The van der Waals surface area contributed by atoms with Crippen molar-refractivity contribution in [3.8, 4) is 0 Å². The van der Waals surface area contributed by atoms with Gasteiger partial charge in [0.05, 0.1) is 19.7 Å². The summed E-state index contributed by atoms with van der Waals surface area (Å²) in [5.41, 5.74) is 2.23. The number of benzene rings is 1. The molecule has 12 heteroatoms. The molecular weight excluding hydrogens is 486 g/mol. The monoisotopic (exact) mass is 509 g/mol. The number of fused-ring (bicyclic) bond motifs is 1. The van der Waals surface area contributed by atoms with E-state index in [4.69, 9.17) is 21.3 Å². The first-order valence-electron chi connectivity index (χ1n) is 11.4. The fourth-order valence-electron chi connectivity index (χ4n) is 4.32. The van der Waals surface area contributed by atoms with E-state index < -0.39 is 5.91 Å². The van der Waals surface area contributed by atoms with E-state index in [1.165, 1.54) is 7.11 Å². The minimum atomic E-state index is -0.414. The molecule has 2 saturated heterocycles. The molecule has 3 aromatic rings. The van der Waals surface area contributed by atoms with Gasteiger partial charge in [-0.25, -0.2) is 9.78 Å². The Morgan fingerprint density at radius 2 is 2.06 bits per heavy atom. The molecule has 0 spiro atoms. The van der Waals surface area contributed by atoms with E-state index in [0.717, 1.165) is 18.5 Å². The number of anilines is 3. The second kappa shape index (κ2) is 9.86. The van der Waals surface area contributed by atoms with Crippen LogP contribution in [0.3, 0.4) is 0 Å². The van der Waals surface area contributed by atoms with E-state index in [1.54, 1.807) is 33.8 Å². The predicted molar refractivity (Wildman–Crippen MR) is 134 cm³/mol. The molecule has 11 nitrogen and oxygen atoms in total. The SMILES string of the molecule is COC(=O)N1CCC(Nc2cc(Nc3cccc(Cl)c3)nc3c(/C=C4\CC(=O)NC4=O)cnn23)CC1. The lowest BCUT2D eigenvalue weighted by Gasteiger charge is -2.31. The van der Waals surface area contributed by atoms with Crippen LogP contribution < -0.4 is 16.0 Å². The average Bonchev–Trinajstić information content (AvgIpc) is 3.41. The molecule has 5 rings (SSSR count). The van der Waals surface area contributed by atoms with E-state index in [9.17, 15) is 14.4 Å². The van der Waals surface area contributed by atoms with Gasteiger partial charge in [0.15, 0.2) is 5.65 Å². The quantitative estimate of drug-likeness (QED) is 0.353. The first-order chi connectivity index (χ1) is 17.4. The summed E-state index contributed by atoms with van der Waals surface area (Å²) in [5.74, 6) is 0.493. The van der Waals surface area contributed by atoms with Crippen LogP contribution in [-0.4, -0.2) is 63.6 Å². The zero-order valence-electron chi connectivity index (χ0n) is 19.5. The standard InChI is InChI=1S/C24H24ClN7O4/c1-36-24(35)31-7-5-17(6-8-31)28-20-12-19(27-18-4-2-3-16(25)11-18)29-22-15(13-26-32(20)22)9-14-10-21(33)30-23(14)34/h2-4,9,11-13,17,28H,5-8,10H2,1H3,(H,27,29)(H,30,33,34)/b14-9+. The second-order valence-corrected chi connectivity index (χ2v) is 9.03. The van der Waals surface area contributed by atoms with Crippen molar-refractivity contribution in [1.82, 2.24) is 24.8 Å². The van der Waals surface area contributed by atoms with Crippen LogP contribution in [0, 0.1) is 0 Å². The Bertz CT molecular complexity index is 1380. The molecule has 0 atom stereocenters. The predicted octanol–water partition coefficient (Wildman–Crippen LogP) is 3.20. The highest BCUT2D eigenvalue weighted by molar-refractivity contribution is 6.30. The molecule has 2 fully saturated rings. The summed E-state index contributed by atoms with van der Waals surface area (Å²) in [6.45, 7) is 1.15. The number of nitrogens with one attached hydrogen (secondary N) is 3. The zero-order chi connectivity index (χ0) is 25.2. The molecule has 186 valence electrons. The molecule has 2 aromatic heterocycles. The van der Waals surface area contributed by atoms with Crippen LogP contribution in [0.1, 0.15) is 24.8 Å². The summed E-state index contributed by atoms with van der Waals surface area (Å²) >= 11 is 6.14. The van der Waals surface area contributed by atoms with Gasteiger partial charge in [0.1, 0.15) is 11.6 Å². The number of carbonyl (C=O) groups is 3. The van der Waals surface area contributed by atoms with Gasteiger partial charge in [0, 0.05) is 47.0 Å². The molecule has 0 bridgehead atoms. The highest BCUT2D eigenvalue weighted by atomic mass is 35.5. The van der Waals surface area contributed by atoms with E-state index in [0.29, 0.717) is 46.5 Å². The molecule has 0 radical (unpaired) electrons. The van der Waals surface area contributed by atoms with Crippen molar-refractivity contribution in [2.24, 2.45) is 0 Å². The first kappa shape index (κ1) is 23.6. The Balaban J connectivity index is 1.48. The van der Waals surface area contributed by atoms with Gasteiger partial charge in [0.25, 0.3) is 5.91 Å². The average molecular weight is 510 g/mol. The molecule has 0 saturated carbocycles. The number of amides is 3. The summed E-state index contributed by atoms with van der Waals surface area (Å²) < 4.78 is 6.49. The van der Waals surface area contributed by atoms with E-state index >= 15 is 0 Å². The van der Waals surface area contributed by atoms with E-state index in [1.807, 2.05) is 18.2 Å². The van der Waals surface area contributed by atoms with Gasteiger partial charge in [-0.05, 0) is 37.1 Å². The van der Waals surface area contributed by atoms with Crippen LogP contribution in [-0.2, 0) is 14.3 Å². The summed E-state index contributed by atoms with van der Waals surface area (Å²) in [7, 11) is 1.38. The van der Waals surface area contributed by atoms with E-state index in [2.05, 4.69) is 21.0 Å². The molecule has 0 aliphatic carbocycles. The molecule has 0 unspecified atom stereocenters. The number of halogens is 1.